The van der Waals surface area contributed by atoms with Gasteiger partial charge < -0.3 is 15.1 Å². The molecule has 5 rings (SSSR count). The molecule has 2 N–H and O–H groups in total. The summed E-state index contributed by atoms with van der Waals surface area (Å²) < 4.78 is 7.51. The Kier molecular flexibility index (Phi) is 7.11. The van der Waals surface area contributed by atoms with E-state index in [9.17, 15) is 4.79 Å². The molecule has 1 saturated carbocycles. The Hall–Kier alpha value is -2.12. The second-order valence-electron chi connectivity index (χ2n) is 10.7. The Bertz CT molecular complexity index is 981. The Morgan fingerprint density at radius 1 is 1.15 bits per heavy atom. The summed E-state index contributed by atoms with van der Waals surface area (Å²) in [7, 11) is 1.96. The van der Waals surface area contributed by atoms with Gasteiger partial charge in [-0.25, -0.2) is 0 Å². The number of likely N-dealkylation sites (tertiary alicyclic amines) is 1. The van der Waals surface area contributed by atoms with Crippen molar-refractivity contribution in [2.24, 2.45) is 7.05 Å². The van der Waals surface area contributed by atoms with Gasteiger partial charge in [0.25, 0.3) is 5.91 Å². The van der Waals surface area contributed by atoms with Gasteiger partial charge in [-0.1, -0.05) is 25.7 Å². The average molecular weight is 468 g/mol. The molecular weight excluding hydrogens is 426 g/mol. The molecule has 7 nitrogen and oxygen atoms in total. The number of furan rings is 1. The van der Waals surface area contributed by atoms with Crippen LogP contribution < -0.4 is 10.6 Å². The van der Waals surface area contributed by atoms with Crippen LogP contribution in [0.15, 0.2) is 16.5 Å². The molecule has 2 aromatic heterocycles. The molecule has 186 valence electrons. The van der Waals surface area contributed by atoms with Gasteiger partial charge in [0, 0.05) is 36.4 Å². The maximum Gasteiger partial charge on any atom is 0.272 e. The average Bonchev–Trinajstić information content (AvgIpc) is 3.44. The lowest BCUT2D eigenvalue weighted by atomic mass is 9.78. The lowest BCUT2D eigenvalue weighted by Gasteiger charge is -2.49. The minimum Gasteiger partial charge on any atom is -0.465 e. The monoisotopic (exact) mass is 467 g/mol. The van der Waals surface area contributed by atoms with Crippen LogP contribution in [0, 0.1) is 6.92 Å². The Morgan fingerprint density at radius 3 is 2.65 bits per heavy atom. The molecule has 1 atom stereocenters. The van der Waals surface area contributed by atoms with Crippen molar-refractivity contribution in [3.8, 4) is 0 Å². The molecule has 0 bridgehead atoms. The standard InChI is InChI=1S/C27H41N5O2/c1-20-9-11-22(34-20)18-28-26(33)25-23-17-21(10-12-24(23)31(2)30-25)29-19-27(13-5-3-6-14-27)32-15-7-4-8-16-32/h9,11,21,29H,3-8,10,12-19H2,1-2H3,(H,28,33)/t21-/m0/s1. The van der Waals surface area contributed by atoms with Crippen LogP contribution in [0.3, 0.4) is 0 Å². The van der Waals surface area contributed by atoms with Crippen LogP contribution in [0.5, 0.6) is 0 Å². The van der Waals surface area contributed by atoms with Crippen LogP contribution in [0.1, 0.15) is 91.1 Å². The first-order valence-electron chi connectivity index (χ1n) is 13.4. The fraction of sp³-hybridized carbons (Fsp3) is 0.704. The van der Waals surface area contributed by atoms with E-state index in [4.69, 9.17) is 4.42 Å². The van der Waals surface area contributed by atoms with Crippen LogP contribution in [0.2, 0.25) is 0 Å². The predicted molar refractivity (Wildman–Crippen MR) is 133 cm³/mol. The Balaban J connectivity index is 1.24. The van der Waals surface area contributed by atoms with Crippen LogP contribution in [0.4, 0.5) is 0 Å². The van der Waals surface area contributed by atoms with E-state index in [1.807, 2.05) is 30.8 Å². The van der Waals surface area contributed by atoms with Crippen molar-refractivity contribution >= 4 is 5.91 Å². The van der Waals surface area contributed by atoms with Gasteiger partial charge in [-0.3, -0.25) is 14.4 Å². The molecule has 1 aliphatic heterocycles. The van der Waals surface area contributed by atoms with Gasteiger partial charge in [0.05, 0.1) is 6.54 Å². The van der Waals surface area contributed by atoms with E-state index in [1.165, 1.54) is 70.2 Å². The Labute approximate surface area is 203 Å². The molecule has 3 aliphatic rings. The molecule has 34 heavy (non-hydrogen) atoms. The lowest BCUT2D eigenvalue weighted by Crippen LogP contribution is -2.59. The summed E-state index contributed by atoms with van der Waals surface area (Å²) in [5.41, 5.74) is 3.24. The molecule has 2 fully saturated rings. The number of amides is 1. The molecule has 2 aliphatic carbocycles. The molecule has 7 heteroatoms. The third kappa shape index (κ3) is 4.96. The maximum absolute atomic E-state index is 13.0. The number of fused-ring (bicyclic) bond motifs is 1. The van der Waals surface area contributed by atoms with Crippen LogP contribution in [-0.4, -0.2) is 51.8 Å². The fourth-order valence-electron chi connectivity index (χ4n) is 6.49. The van der Waals surface area contributed by atoms with Crippen molar-refractivity contribution in [3.05, 3.63) is 40.6 Å². The van der Waals surface area contributed by atoms with Crippen LogP contribution in [-0.2, 0) is 26.4 Å². The van der Waals surface area contributed by atoms with Crippen molar-refractivity contribution < 1.29 is 9.21 Å². The molecule has 0 aromatic carbocycles. The van der Waals surface area contributed by atoms with Crippen molar-refractivity contribution in [2.45, 2.75) is 95.7 Å². The second kappa shape index (κ2) is 10.2. The first kappa shape index (κ1) is 23.6. The number of hydrogen-bond acceptors (Lipinski definition) is 5. The third-order valence-corrected chi connectivity index (χ3v) is 8.42. The minimum atomic E-state index is -0.108. The second-order valence-corrected chi connectivity index (χ2v) is 10.7. The summed E-state index contributed by atoms with van der Waals surface area (Å²) >= 11 is 0. The Morgan fingerprint density at radius 2 is 1.91 bits per heavy atom. The van der Waals surface area contributed by atoms with Crippen LogP contribution in [0.25, 0.3) is 0 Å². The van der Waals surface area contributed by atoms with E-state index in [0.29, 0.717) is 23.8 Å². The van der Waals surface area contributed by atoms with Crippen molar-refractivity contribution in [1.29, 1.82) is 0 Å². The van der Waals surface area contributed by atoms with Gasteiger partial charge >= 0.3 is 0 Å². The van der Waals surface area contributed by atoms with Gasteiger partial charge in [-0.15, -0.1) is 0 Å². The van der Waals surface area contributed by atoms with Crippen molar-refractivity contribution in [3.63, 3.8) is 0 Å². The number of piperidine rings is 1. The molecule has 0 spiro atoms. The molecule has 0 unspecified atom stereocenters. The summed E-state index contributed by atoms with van der Waals surface area (Å²) in [6.45, 7) is 5.90. The third-order valence-electron chi connectivity index (χ3n) is 8.42. The molecule has 1 saturated heterocycles. The minimum absolute atomic E-state index is 0.108. The zero-order chi connectivity index (χ0) is 23.5. The number of carbonyl (C=O) groups is 1. The van der Waals surface area contributed by atoms with E-state index in [-0.39, 0.29) is 5.91 Å². The van der Waals surface area contributed by atoms with Crippen LogP contribution >= 0.6 is 0 Å². The highest BCUT2D eigenvalue weighted by atomic mass is 16.3. The van der Waals surface area contributed by atoms with Gasteiger partial charge in [-0.05, 0) is 77.1 Å². The summed E-state index contributed by atoms with van der Waals surface area (Å²) in [5.74, 6) is 1.52. The summed E-state index contributed by atoms with van der Waals surface area (Å²) in [5, 5.41) is 11.6. The molecule has 3 heterocycles. The van der Waals surface area contributed by atoms with E-state index in [1.54, 1.807) is 0 Å². The van der Waals surface area contributed by atoms with E-state index >= 15 is 0 Å². The lowest BCUT2D eigenvalue weighted by molar-refractivity contribution is 0.0310. The molecule has 2 aromatic rings. The number of nitrogens with zero attached hydrogens (tertiary/aromatic N) is 3. The van der Waals surface area contributed by atoms with E-state index in [0.717, 1.165) is 42.9 Å². The zero-order valence-electron chi connectivity index (χ0n) is 21.0. The molecular formula is C27H41N5O2. The highest BCUT2D eigenvalue weighted by Gasteiger charge is 2.39. The predicted octanol–water partition coefficient (Wildman–Crippen LogP) is 3.89. The number of aromatic nitrogens is 2. The SMILES string of the molecule is Cc1ccc(CNC(=O)c2nn(C)c3c2C[C@@H](NCC2(N4CCCCC4)CCCCC2)CC3)o1. The molecule has 0 radical (unpaired) electrons. The maximum atomic E-state index is 13.0. The van der Waals surface area contributed by atoms with Gasteiger partial charge in [0.15, 0.2) is 5.69 Å². The topological polar surface area (TPSA) is 75.3 Å². The van der Waals surface area contributed by atoms with Crippen molar-refractivity contribution in [2.75, 3.05) is 19.6 Å². The van der Waals surface area contributed by atoms with Gasteiger partial charge in [0.1, 0.15) is 11.5 Å². The van der Waals surface area contributed by atoms with Crippen molar-refractivity contribution in [1.82, 2.24) is 25.3 Å². The fourth-order valence-corrected chi connectivity index (χ4v) is 6.49. The summed E-state index contributed by atoms with van der Waals surface area (Å²) in [6, 6.07) is 4.23. The number of nitrogens with one attached hydrogen (secondary N) is 2. The van der Waals surface area contributed by atoms with E-state index < -0.39 is 0 Å². The smallest absolute Gasteiger partial charge is 0.272 e. The highest BCUT2D eigenvalue weighted by molar-refractivity contribution is 5.94. The van der Waals surface area contributed by atoms with E-state index in [2.05, 4.69) is 20.6 Å². The summed E-state index contributed by atoms with van der Waals surface area (Å²) in [4.78, 5) is 15.8. The summed E-state index contributed by atoms with van der Waals surface area (Å²) in [6.07, 6.45) is 13.8. The number of carbonyl (C=O) groups excluding carboxylic acids is 1. The molecule has 1 amide bonds. The number of rotatable bonds is 7. The largest absolute Gasteiger partial charge is 0.465 e. The van der Waals surface area contributed by atoms with Gasteiger partial charge in [-0.2, -0.15) is 5.10 Å². The number of hydrogen-bond donors (Lipinski definition) is 2. The normalized spacial score (nSPS) is 22.9. The highest BCUT2D eigenvalue weighted by Crippen LogP contribution is 2.35. The van der Waals surface area contributed by atoms with Gasteiger partial charge in [0.2, 0.25) is 0 Å². The first-order valence-corrected chi connectivity index (χ1v) is 13.4. The number of aryl methyl sites for hydroxylation is 2. The quantitative estimate of drug-likeness (QED) is 0.646. The zero-order valence-corrected chi connectivity index (χ0v) is 21.0. The first-order chi connectivity index (χ1) is 16.5.